The number of carbonyl (C=O) groups excluding carboxylic acids is 6. The number of primary amides is 1. The highest BCUT2D eigenvalue weighted by atomic mass is 16.3. The number of benzene rings is 1. The predicted molar refractivity (Wildman–Crippen MR) is 130 cm³/mol. The van der Waals surface area contributed by atoms with Crippen LogP contribution in [0.15, 0.2) is 6.07 Å². The molecule has 2 amide bonds. The highest BCUT2D eigenvalue weighted by Gasteiger charge is 2.66. The van der Waals surface area contributed by atoms with Gasteiger partial charge in [-0.15, -0.1) is 0 Å². The van der Waals surface area contributed by atoms with Crippen molar-refractivity contribution in [3.8, 4) is 5.75 Å². The molecule has 0 aromatic heterocycles. The van der Waals surface area contributed by atoms with Crippen molar-refractivity contribution in [2.24, 2.45) is 29.4 Å². The maximum atomic E-state index is 13.8. The normalized spacial score (nSPS) is 28.7. The minimum absolute atomic E-state index is 0.0199. The summed E-state index contributed by atoms with van der Waals surface area (Å²) in [5.41, 5.74) is 3.55. The first kappa shape index (κ1) is 26.3. The van der Waals surface area contributed by atoms with Crippen LogP contribution in [0.4, 0.5) is 11.4 Å². The zero-order valence-electron chi connectivity index (χ0n) is 21.0. The Morgan fingerprint density at radius 2 is 1.76 bits per heavy atom. The van der Waals surface area contributed by atoms with Gasteiger partial charge in [0.05, 0.1) is 23.7 Å². The Morgan fingerprint density at radius 3 is 2.32 bits per heavy atom. The van der Waals surface area contributed by atoms with Crippen LogP contribution in [0, 0.1) is 23.7 Å². The highest BCUT2D eigenvalue weighted by molar-refractivity contribution is 6.31. The standard InChI is InChI=1S/C25H30N4O8/c1-28(2)14-8-13(27-9-16(31)29(3)4)20(32)18-12(14)6-10-5-11-7-15(30)19(24(26)36)23(35)25(11,37)22(34)17(10)21(18)33/h8,10-11,17,19,27,32,37H,5-7,9H2,1-4H3,(H2,26,36)/t10-,11+,17?,19?,25+/m1/s1. The Morgan fingerprint density at radius 1 is 1.11 bits per heavy atom. The second-order valence-corrected chi connectivity index (χ2v) is 10.4. The van der Waals surface area contributed by atoms with Crippen molar-refractivity contribution in [2.45, 2.75) is 24.9 Å². The Kier molecular flexibility index (Phi) is 6.35. The molecular formula is C25H30N4O8. The number of anilines is 2. The summed E-state index contributed by atoms with van der Waals surface area (Å²) in [6, 6.07) is 1.61. The lowest BCUT2D eigenvalue weighted by atomic mass is 9.53. The van der Waals surface area contributed by atoms with E-state index in [2.05, 4.69) is 5.32 Å². The van der Waals surface area contributed by atoms with E-state index < -0.39 is 64.1 Å². The molecule has 1 aromatic rings. The van der Waals surface area contributed by atoms with Crippen LogP contribution in [0.3, 0.4) is 0 Å². The third-order valence-corrected chi connectivity index (χ3v) is 7.79. The van der Waals surface area contributed by atoms with Crippen LogP contribution in [-0.2, 0) is 30.4 Å². The first-order valence-corrected chi connectivity index (χ1v) is 11.9. The average Bonchev–Trinajstić information content (AvgIpc) is 2.80. The number of rotatable bonds is 5. The summed E-state index contributed by atoms with van der Waals surface area (Å²) < 4.78 is 0. The number of carbonyl (C=O) groups is 6. The molecule has 3 aliphatic rings. The number of phenols is 1. The number of hydrogen-bond donors (Lipinski definition) is 4. The third-order valence-electron chi connectivity index (χ3n) is 7.79. The lowest BCUT2D eigenvalue weighted by Gasteiger charge is -2.48. The van der Waals surface area contributed by atoms with E-state index in [0.717, 1.165) is 0 Å². The molecule has 12 heteroatoms. The van der Waals surface area contributed by atoms with Crippen LogP contribution in [0.1, 0.15) is 28.8 Å². The third kappa shape index (κ3) is 3.86. The highest BCUT2D eigenvalue weighted by Crippen LogP contribution is 2.52. The monoisotopic (exact) mass is 514 g/mol. The van der Waals surface area contributed by atoms with Gasteiger partial charge >= 0.3 is 0 Å². The molecule has 0 aliphatic heterocycles. The van der Waals surface area contributed by atoms with Gasteiger partial charge in [0.1, 0.15) is 5.75 Å². The maximum absolute atomic E-state index is 13.8. The van der Waals surface area contributed by atoms with Crippen LogP contribution < -0.4 is 16.0 Å². The van der Waals surface area contributed by atoms with Gasteiger partial charge in [0, 0.05) is 46.2 Å². The summed E-state index contributed by atoms with van der Waals surface area (Å²) in [6.07, 6.45) is -0.198. The van der Waals surface area contributed by atoms with Crippen LogP contribution in [0.2, 0.25) is 0 Å². The summed E-state index contributed by atoms with van der Waals surface area (Å²) in [5, 5.41) is 25.2. The lowest BCUT2D eigenvalue weighted by Crippen LogP contribution is -2.68. The van der Waals surface area contributed by atoms with Crippen molar-refractivity contribution in [1.82, 2.24) is 4.90 Å². The average molecular weight is 515 g/mol. The van der Waals surface area contributed by atoms with Crippen molar-refractivity contribution < 1.29 is 39.0 Å². The fraction of sp³-hybridized carbons (Fsp3) is 0.520. The van der Waals surface area contributed by atoms with Crippen LogP contribution >= 0.6 is 0 Å². The van der Waals surface area contributed by atoms with Crippen LogP contribution in [-0.4, -0.2) is 90.4 Å². The number of hydrogen-bond acceptors (Lipinski definition) is 10. The Bertz CT molecular complexity index is 1260. The minimum Gasteiger partial charge on any atom is -0.505 e. The molecule has 5 atom stereocenters. The Labute approximate surface area is 212 Å². The van der Waals surface area contributed by atoms with Crippen molar-refractivity contribution in [2.75, 3.05) is 45.0 Å². The van der Waals surface area contributed by atoms with Crippen LogP contribution in [0.5, 0.6) is 5.75 Å². The number of phenolic OH excluding ortho intramolecular Hbond substituents is 1. The second-order valence-electron chi connectivity index (χ2n) is 10.4. The summed E-state index contributed by atoms with van der Waals surface area (Å²) in [4.78, 5) is 79.8. The number of ketones is 4. The number of nitrogens with one attached hydrogen (secondary N) is 1. The van der Waals surface area contributed by atoms with Gasteiger partial charge in [-0.1, -0.05) is 0 Å². The molecule has 3 aliphatic carbocycles. The molecule has 0 radical (unpaired) electrons. The van der Waals surface area contributed by atoms with Crippen molar-refractivity contribution in [3.63, 3.8) is 0 Å². The maximum Gasteiger partial charge on any atom is 0.241 e. The van der Waals surface area contributed by atoms with E-state index >= 15 is 0 Å². The van der Waals surface area contributed by atoms with Gasteiger partial charge in [0.2, 0.25) is 11.8 Å². The molecule has 12 nitrogen and oxygen atoms in total. The van der Waals surface area contributed by atoms with Crippen molar-refractivity contribution in [1.29, 1.82) is 0 Å². The smallest absolute Gasteiger partial charge is 0.241 e. The van der Waals surface area contributed by atoms with E-state index in [1.54, 1.807) is 39.2 Å². The summed E-state index contributed by atoms with van der Waals surface area (Å²) >= 11 is 0. The summed E-state index contributed by atoms with van der Waals surface area (Å²) in [6.45, 7) is -0.163. The molecule has 2 fully saturated rings. The summed E-state index contributed by atoms with van der Waals surface area (Å²) in [5.74, 6) is -11.0. The number of nitrogens with zero attached hydrogens (tertiary/aromatic N) is 2. The lowest BCUT2D eigenvalue weighted by molar-refractivity contribution is -0.175. The SMILES string of the molecule is CN(C)C(=O)CNc1cc(N(C)C)c2c(c1O)C(=O)C1C(=O)[C@]3(O)C(=O)C(C(N)=O)C(=O)C[C@@H]3C[C@@H]1C2. The van der Waals surface area contributed by atoms with Crippen molar-refractivity contribution >= 4 is 46.3 Å². The number of Topliss-reactive ketones (excluding diaryl/α,β-unsaturated/α-hetero) is 4. The van der Waals surface area contributed by atoms with E-state index in [4.69, 9.17) is 5.73 Å². The van der Waals surface area contributed by atoms with Crippen LogP contribution in [0.25, 0.3) is 0 Å². The number of aromatic hydroxyl groups is 1. The minimum atomic E-state index is -2.70. The van der Waals surface area contributed by atoms with E-state index in [-0.39, 0.29) is 43.0 Å². The van der Waals surface area contributed by atoms with E-state index in [9.17, 15) is 39.0 Å². The largest absolute Gasteiger partial charge is 0.505 e. The fourth-order valence-corrected chi connectivity index (χ4v) is 5.88. The molecule has 5 N–H and O–H groups in total. The van der Waals surface area contributed by atoms with Gasteiger partial charge in [-0.25, -0.2) is 0 Å². The van der Waals surface area contributed by atoms with Gasteiger partial charge in [-0.2, -0.15) is 0 Å². The first-order chi connectivity index (χ1) is 17.2. The molecule has 0 heterocycles. The number of nitrogens with two attached hydrogens (primary N) is 1. The van der Waals surface area contributed by atoms with E-state index in [1.165, 1.54) is 4.90 Å². The van der Waals surface area contributed by atoms with E-state index in [0.29, 0.717) is 11.3 Å². The molecule has 198 valence electrons. The second kappa shape index (κ2) is 8.94. The van der Waals surface area contributed by atoms with Gasteiger partial charge in [-0.3, -0.25) is 28.8 Å². The van der Waals surface area contributed by atoms with Gasteiger partial charge in [0.15, 0.2) is 34.7 Å². The quantitative estimate of drug-likeness (QED) is 0.277. The molecule has 2 saturated carbocycles. The van der Waals surface area contributed by atoms with Crippen molar-refractivity contribution in [3.05, 3.63) is 17.2 Å². The van der Waals surface area contributed by atoms with Gasteiger partial charge in [0.25, 0.3) is 0 Å². The molecule has 0 saturated heterocycles. The van der Waals surface area contributed by atoms with E-state index in [1.807, 2.05) is 0 Å². The van der Waals surface area contributed by atoms with Gasteiger partial charge < -0.3 is 31.1 Å². The number of fused-ring (bicyclic) bond motifs is 3. The fourth-order valence-electron chi connectivity index (χ4n) is 5.88. The Balaban J connectivity index is 1.79. The number of aliphatic hydroxyl groups is 1. The Hall–Kier alpha value is -3.80. The summed E-state index contributed by atoms with van der Waals surface area (Å²) in [7, 11) is 6.62. The molecule has 0 spiro atoms. The molecular weight excluding hydrogens is 484 g/mol. The zero-order chi connectivity index (χ0) is 27.6. The predicted octanol–water partition coefficient (Wildman–Crippen LogP) is -1.11. The molecule has 2 unspecified atom stereocenters. The molecule has 0 bridgehead atoms. The number of amides is 2. The molecule has 4 rings (SSSR count). The zero-order valence-corrected chi connectivity index (χ0v) is 21.0. The number of likely N-dealkylation sites (N-methyl/N-ethyl adjacent to an activating group) is 1. The topological polar surface area (TPSA) is 187 Å². The molecule has 1 aromatic carbocycles. The van der Waals surface area contributed by atoms with Gasteiger partial charge in [-0.05, 0) is 30.4 Å². The molecule has 37 heavy (non-hydrogen) atoms. The first-order valence-electron chi connectivity index (χ1n) is 11.9.